The van der Waals surface area contributed by atoms with Gasteiger partial charge in [-0.2, -0.15) is 0 Å². The molecule has 124 valence electrons. The van der Waals surface area contributed by atoms with Gasteiger partial charge in [0.2, 0.25) is 5.52 Å². The number of para-hydroxylation sites is 1. The molecular weight excluding hydrogens is 322 g/mol. The Hall–Kier alpha value is -3.47. The molecule has 5 aromatic rings. The summed E-state index contributed by atoms with van der Waals surface area (Å²) in [6, 6.07) is 17.5. The van der Waals surface area contributed by atoms with Gasteiger partial charge in [0.1, 0.15) is 22.4 Å². The molecule has 0 aliphatic carbocycles. The molecule has 5 nitrogen and oxygen atoms in total. The van der Waals surface area contributed by atoms with Crippen LogP contribution in [0, 0.1) is 0 Å². The standard InChI is InChI=1S/C21H16N5/c1-24-16-10-6-12-23-18(16)19-21(24)25-13-14-7-5-11-22-17(14)20(25)26(19)15-8-3-2-4-9-15/h2-12H,13H2,1H3/q+1/i1D3. The highest BCUT2D eigenvalue weighted by molar-refractivity contribution is 6.03. The van der Waals surface area contributed by atoms with Crippen LogP contribution < -0.4 is 4.57 Å². The van der Waals surface area contributed by atoms with Crippen molar-refractivity contribution in [2.75, 3.05) is 0 Å². The van der Waals surface area contributed by atoms with E-state index in [-0.39, 0.29) is 0 Å². The zero-order valence-electron chi connectivity index (χ0n) is 16.8. The van der Waals surface area contributed by atoms with Gasteiger partial charge in [0.05, 0.1) is 17.6 Å². The van der Waals surface area contributed by atoms with Gasteiger partial charge in [-0.3, -0.25) is 4.57 Å². The largest absolute Gasteiger partial charge is 0.271 e. The van der Waals surface area contributed by atoms with Gasteiger partial charge in [-0.1, -0.05) is 24.3 Å². The first-order valence-corrected chi connectivity index (χ1v) is 8.49. The Labute approximate surface area is 154 Å². The van der Waals surface area contributed by atoms with Crippen molar-refractivity contribution >= 4 is 22.2 Å². The molecule has 0 bridgehead atoms. The van der Waals surface area contributed by atoms with Gasteiger partial charge in [0, 0.05) is 18.0 Å². The van der Waals surface area contributed by atoms with Gasteiger partial charge in [0.25, 0.3) is 11.5 Å². The number of imidazole rings is 1. The molecule has 0 amide bonds. The predicted molar refractivity (Wildman–Crippen MR) is 100 cm³/mol. The molecule has 0 radical (unpaired) electrons. The van der Waals surface area contributed by atoms with Crippen LogP contribution in [0.2, 0.25) is 0 Å². The lowest BCUT2D eigenvalue weighted by molar-refractivity contribution is -0.648. The van der Waals surface area contributed by atoms with Crippen LogP contribution in [-0.2, 0) is 13.5 Å². The van der Waals surface area contributed by atoms with Crippen LogP contribution in [0.25, 0.3) is 39.4 Å². The molecule has 1 aliphatic heterocycles. The minimum atomic E-state index is -2.34. The van der Waals surface area contributed by atoms with Crippen LogP contribution in [0.3, 0.4) is 0 Å². The minimum absolute atomic E-state index is 0.571. The second-order valence-electron chi connectivity index (χ2n) is 6.47. The highest BCUT2D eigenvalue weighted by Gasteiger charge is 2.37. The SMILES string of the molecule is [2H]C([2H])([2H])n1c2cccnc2c2c1[n+]1c(n2-c2ccccc2)-c2ncccc2C1. The summed E-state index contributed by atoms with van der Waals surface area (Å²) in [5, 5.41) is 0. The topological polar surface area (TPSA) is 39.5 Å². The van der Waals surface area contributed by atoms with E-state index in [1.807, 2.05) is 53.1 Å². The Kier molecular flexibility index (Phi) is 2.06. The number of hydrogen-bond acceptors (Lipinski definition) is 2. The van der Waals surface area contributed by atoms with Crippen LogP contribution in [0.4, 0.5) is 0 Å². The predicted octanol–water partition coefficient (Wildman–Crippen LogP) is 3.23. The maximum absolute atomic E-state index is 8.22. The number of rotatable bonds is 1. The fourth-order valence-electron chi connectivity index (χ4n) is 4.02. The fourth-order valence-corrected chi connectivity index (χ4v) is 4.02. The van der Waals surface area contributed by atoms with Crippen LogP contribution >= 0.6 is 0 Å². The lowest BCUT2D eigenvalue weighted by Gasteiger charge is -2.03. The van der Waals surface area contributed by atoms with Gasteiger partial charge in [-0.25, -0.2) is 19.1 Å². The summed E-state index contributed by atoms with van der Waals surface area (Å²) >= 11 is 0. The van der Waals surface area contributed by atoms with Gasteiger partial charge in [-0.05, 0) is 30.3 Å². The maximum atomic E-state index is 8.22. The molecule has 1 aromatic carbocycles. The van der Waals surface area contributed by atoms with Gasteiger partial charge in [-0.15, -0.1) is 0 Å². The molecule has 5 heteroatoms. The molecule has 4 aromatic heterocycles. The number of benzene rings is 1. The molecule has 0 saturated heterocycles. The Morgan fingerprint density at radius 2 is 1.85 bits per heavy atom. The maximum Gasteiger partial charge on any atom is 0.271 e. The zero-order chi connectivity index (χ0) is 19.8. The molecule has 0 atom stereocenters. The number of hydrogen-bond donors (Lipinski definition) is 0. The summed E-state index contributed by atoms with van der Waals surface area (Å²) in [4.78, 5) is 9.19. The molecule has 0 unspecified atom stereocenters. The smallest absolute Gasteiger partial charge is 0.257 e. The monoisotopic (exact) mass is 341 g/mol. The van der Waals surface area contributed by atoms with Crippen molar-refractivity contribution < 1.29 is 8.68 Å². The van der Waals surface area contributed by atoms with Crippen LogP contribution in [0.1, 0.15) is 9.68 Å². The van der Waals surface area contributed by atoms with Crippen molar-refractivity contribution in [2.45, 2.75) is 6.54 Å². The van der Waals surface area contributed by atoms with Gasteiger partial charge >= 0.3 is 0 Å². The van der Waals surface area contributed by atoms with Crippen LogP contribution in [-0.4, -0.2) is 19.1 Å². The summed E-state index contributed by atoms with van der Waals surface area (Å²) in [5.41, 5.74) is 5.58. The molecule has 1 aliphatic rings. The lowest BCUT2D eigenvalue weighted by atomic mass is 10.2. The lowest BCUT2D eigenvalue weighted by Crippen LogP contribution is -2.33. The van der Waals surface area contributed by atoms with E-state index in [0.29, 0.717) is 23.2 Å². The molecule has 5 heterocycles. The second-order valence-corrected chi connectivity index (χ2v) is 6.47. The number of pyridine rings is 2. The number of aryl methyl sites for hydroxylation is 1. The van der Waals surface area contributed by atoms with E-state index in [1.54, 1.807) is 18.5 Å². The van der Waals surface area contributed by atoms with Crippen molar-refractivity contribution in [1.29, 1.82) is 0 Å². The fraction of sp³-hybridized carbons (Fsp3) is 0.0952. The Bertz CT molecular complexity index is 1410. The third kappa shape index (κ3) is 1.57. The highest BCUT2D eigenvalue weighted by Crippen LogP contribution is 2.36. The van der Waals surface area contributed by atoms with Crippen molar-refractivity contribution in [3.8, 4) is 17.2 Å². The quantitative estimate of drug-likeness (QED) is 0.431. The Morgan fingerprint density at radius 3 is 2.73 bits per heavy atom. The molecule has 0 saturated carbocycles. The van der Waals surface area contributed by atoms with E-state index in [4.69, 9.17) is 4.11 Å². The molecule has 6 rings (SSSR count). The van der Waals surface area contributed by atoms with E-state index < -0.39 is 6.98 Å². The molecular formula is C21H16N5+. The first kappa shape index (κ1) is 11.2. The Balaban J connectivity index is 1.89. The summed E-state index contributed by atoms with van der Waals surface area (Å²) in [7, 11) is 0. The average molecular weight is 341 g/mol. The van der Waals surface area contributed by atoms with Crippen LogP contribution in [0.15, 0.2) is 67.0 Å². The zero-order valence-corrected chi connectivity index (χ0v) is 13.8. The number of nitrogens with zero attached hydrogens (tertiary/aromatic N) is 5. The Morgan fingerprint density at radius 1 is 1.00 bits per heavy atom. The first-order valence-electron chi connectivity index (χ1n) is 9.99. The summed E-state index contributed by atoms with van der Waals surface area (Å²) in [5.74, 6) is 0.877. The molecule has 0 spiro atoms. The van der Waals surface area contributed by atoms with E-state index >= 15 is 0 Å². The molecule has 0 fully saturated rings. The summed E-state index contributed by atoms with van der Waals surface area (Å²) < 4.78 is 30.2. The van der Waals surface area contributed by atoms with E-state index in [1.165, 1.54) is 4.57 Å². The summed E-state index contributed by atoms with van der Waals surface area (Å²) in [6.07, 6.45) is 3.48. The molecule has 0 N–H and O–H groups in total. The number of fused-ring (bicyclic) bond motifs is 7. The van der Waals surface area contributed by atoms with E-state index in [2.05, 4.69) is 14.5 Å². The van der Waals surface area contributed by atoms with Crippen molar-refractivity contribution in [3.63, 3.8) is 0 Å². The van der Waals surface area contributed by atoms with Crippen molar-refractivity contribution in [1.82, 2.24) is 19.1 Å². The second kappa shape index (κ2) is 4.79. The third-order valence-electron chi connectivity index (χ3n) is 5.07. The third-order valence-corrected chi connectivity index (χ3v) is 5.07. The van der Waals surface area contributed by atoms with Gasteiger partial charge in [0.15, 0.2) is 0 Å². The van der Waals surface area contributed by atoms with Crippen molar-refractivity contribution in [2.24, 2.45) is 6.98 Å². The van der Waals surface area contributed by atoms with Crippen LogP contribution in [0.5, 0.6) is 0 Å². The minimum Gasteiger partial charge on any atom is -0.257 e. The van der Waals surface area contributed by atoms with E-state index in [0.717, 1.165) is 28.3 Å². The summed E-state index contributed by atoms with van der Waals surface area (Å²) in [6.45, 7) is -1.77. The van der Waals surface area contributed by atoms with Gasteiger partial charge < -0.3 is 0 Å². The van der Waals surface area contributed by atoms with E-state index in [9.17, 15) is 0 Å². The highest BCUT2D eigenvalue weighted by atomic mass is 15.3. The average Bonchev–Trinajstić information content (AvgIpc) is 3.34. The van der Waals surface area contributed by atoms with Crippen molar-refractivity contribution in [3.05, 3.63) is 72.6 Å². The normalized spacial score (nSPS) is 14.8. The first-order chi connectivity index (χ1) is 14.1. The number of aromatic nitrogens is 5. The molecule has 26 heavy (non-hydrogen) atoms.